The quantitative estimate of drug-likeness (QED) is 0.229. The molecule has 0 aromatic heterocycles. The molecule has 3 heterocycles. The second-order valence-electron chi connectivity index (χ2n) is 10.3. The highest BCUT2D eigenvalue weighted by molar-refractivity contribution is 5.87. The molecule has 3 aliphatic heterocycles. The van der Waals surface area contributed by atoms with Gasteiger partial charge in [-0.15, -0.1) is 0 Å². The Morgan fingerprint density at radius 1 is 1.26 bits per heavy atom. The third-order valence-corrected chi connectivity index (χ3v) is 6.32. The lowest BCUT2D eigenvalue weighted by atomic mass is 9.83. The zero-order valence-electron chi connectivity index (χ0n) is 21.5. The maximum atomic E-state index is 12.2. The minimum Gasteiger partial charge on any atom is -0.459 e. The van der Waals surface area contributed by atoms with Gasteiger partial charge in [0.05, 0.1) is 31.0 Å². The van der Waals surface area contributed by atoms with E-state index in [0.29, 0.717) is 26.1 Å². The zero-order chi connectivity index (χ0) is 25.8. The SMILES string of the molecule is CC(=O)O[C@H](C)/C=C\C(=O)N[C@@H]1CO[C@H](C/C=C(C)/C=C/[C@H]2OC(C)(C)C[C@@]3(CO3)[C@@H]2O)O[C@@H]1C. The molecule has 0 unspecified atom stereocenters. The van der Waals surface area contributed by atoms with Crippen LogP contribution in [0.1, 0.15) is 54.4 Å². The minimum atomic E-state index is -0.683. The molecule has 3 rings (SSSR count). The normalized spacial score (nSPS) is 35.9. The Morgan fingerprint density at radius 3 is 2.60 bits per heavy atom. The number of hydrogen-bond donors (Lipinski definition) is 2. The van der Waals surface area contributed by atoms with Crippen LogP contribution in [0, 0.1) is 0 Å². The van der Waals surface area contributed by atoms with E-state index in [-0.39, 0.29) is 23.7 Å². The van der Waals surface area contributed by atoms with Crippen LogP contribution in [-0.2, 0) is 33.3 Å². The molecule has 1 spiro atoms. The fourth-order valence-electron chi connectivity index (χ4n) is 4.46. The molecule has 3 aliphatic rings. The lowest BCUT2D eigenvalue weighted by Crippen LogP contribution is -2.53. The van der Waals surface area contributed by atoms with Gasteiger partial charge in [-0.1, -0.05) is 23.8 Å². The van der Waals surface area contributed by atoms with Crippen molar-refractivity contribution in [3.63, 3.8) is 0 Å². The van der Waals surface area contributed by atoms with Gasteiger partial charge in [-0.25, -0.2) is 0 Å². The van der Waals surface area contributed by atoms with E-state index in [1.165, 1.54) is 19.1 Å². The molecule has 0 saturated carbocycles. The van der Waals surface area contributed by atoms with E-state index < -0.39 is 36.2 Å². The number of rotatable bonds is 8. The summed E-state index contributed by atoms with van der Waals surface area (Å²) in [4.78, 5) is 23.1. The molecule has 7 atom stereocenters. The monoisotopic (exact) mass is 493 g/mol. The first kappa shape index (κ1) is 27.5. The number of amides is 1. The molecule has 0 bridgehead atoms. The van der Waals surface area contributed by atoms with E-state index >= 15 is 0 Å². The summed E-state index contributed by atoms with van der Waals surface area (Å²) in [5.41, 5.74) is 0.165. The van der Waals surface area contributed by atoms with Crippen molar-refractivity contribution < 1.29 is 38.4 Å². The van der Waals surface area contributed by atoms with Gasteiger partial charge in [0.25, 0.3) is 0 Å². The molecule has 1 amide bonds. The summed E-state index contributed by atoms with van der Waals surface area (Å²) < 4.78 is 28.3. The van der Waals surface area contributed by atoms with Crippen LogP contribution in [0.15, 0.2) is 36.0 Å². The van der Waals surface area contributed by atoms with Crippen LogP contribution in [0.25, 0.3) is 0 Å². The standard InChI is InChI=1S/C26H39NO8/c1-16(7-10-21-24(30)26(15-32-26)14-25(5,6)35-21)8-12-23-31-13-20(18(3)34-23)27-22(29)11-9-17(2)33-19(4)28/h7-11,17-18,20-21,23-24,30H,12-15H2,1-6H3,(H,27,29)/b10-7+,11-9-,16-8+/t17-,18-,20-,21-,23+,24-,26-/m1/s1. The van der Waals surface area contributed by atoms with E-state index in [1.807, 2.05) is 45.9 Å². The van der Waals surface area contributed by atoms with E-state index in [0.717, 1.165) is 5.57 Å². The number of hydrogen-bond acceptors (Lipinski definition) is 8. The maximum Gasteiger partial charge on any atom is 0.303 e. The third-order valence-electron chi connectivity index (χ3n) is 6.32. The maximum absolute atomic E-state index is 12.2. The molecule has 9 heteroatoms. The molecule has 0 aromatic carbocycles. The van der Waals surface area contributed by atoms with Gasteiger partial charge in [0.1, 0.15) is 23.9 Å². The highest BCUT2D eigenvalue weighted by Gasteiger charge is 2.60. The molecule has 0 radical (unpaired) electrons. The van der Waals surface area contributed by atoms with Crippen LogP contribution in [0.5, 0.6) is 0 Å². The summed E-state index contributed by atoms with van der Waals surface area (Å²) >= 11 is 0. The van der Waals surface area contributed by atoms with Crippen molar-refractivity contribution in [2.24, 2.45) is 0 Å². The third kappa shape index (κ3) is 7.98. The molecule has 9 nitrogen and oxygen atoms in total. The van der Waals surface area contributed by atoms with Gasteiger partial charge >= 0.3 is 5.97 Å². The van der Waals surface area contributed by atoms with Gasteiger partial charge in [0.15, 0.2) is 6.29 Å². The number of carbonyl (C=O) groups is 2. The predicted octanol–water partition coefficient (Wildman–Crippen LogP) is 2.33. The molecule has 3 saturated heterocycles. The molecule has 2 N–H and O–H groups in total. The Morgan fingerprint density at radius 2 is 1.97 bits per heavy atom. The second-order valence-corrected chi connectivity index (χ2v) is 10.3. The average Bonchev–Trinajstić information content (AvgIpc) is 3.53. The summed E-state index contributed by atoms with van der Waals surface area (Å²) in [6, 6.07) is -0.289. The number of epoxide rings is 1. The molecule has 3 fully saturated rings. The largest absolute Gasteiger partial charge is 0.459 e. The van der Waals surface area contributed by atoms with Gasteiger partial charge < -0.3 is 34.1 Å². The van der Waals surface area contributed by atoms with Crippen LogP contribution in [0.3, 0.4) is 0 Å². The second kappa shape index (κ2) is 11.3. The number of carbonyl (C=O) groups excluding carboxylic acids is 2. The van der Waals surface area contributed by atoms with Crippen LogP contribution in [-0.4, -0.2) is 78.1 Å². The van der Waals surface area contributed by atoms with Crippen molar-refractivity contribution >= 4 is 11.9 Å². The van der Waals surface area contributed by atoms with E-state index in [9.17, 15) is 14.7 Å². The molecule has 35 heavy (non-hydrogen) atoms. The van der Waals surface area contributed by atoms with Gasteiger partial charge in [0, 0.05) is 25.8 Å². The van der Waals surface area contributed by atoms with Crippen molar-refractivity contribution in [2.75, 3.05) is 13.2 Å². The fraction of sp³-hybridized carbons (Fsp3) is 0.692. The zero-order valence-corrected chi connectivity index (χ0v) is 21.5. The van der Waals surface area contributed by atoms with Crippen molar-refractivity contribution in [1.82, 2.24) is 5.32 Å². The number of allylic oxidation sites excluding steroid dienone is 2. The Hall–Kier alpha value is -2.04. The van der Waals surface area contributed by atoms with Crippen LogP contribution < -0.4 is 5.32 Å². The molecular weight excluding hydrogens is 454 g/mol. The first-order valence-electron chi connectivity index (χ1n) is 12.2. The number of esters is 1. The van der Waals surface area contributed by atoms with Crippen molar-refractivity contribution in [3.05, 3.63) is 36.0 Å². The van der Waals surface area contributed by atoms with Crippen LogP contribution >= 0.6 is 0 Å². The lowest BCUT2D eigenvalue weighted by molar-refractivity contribution is -0.217. The Balaban J connectivity index is 1.44. The first-order valence-corrected chi connectivity index (χ1v) is 12.2. The first-order chi connectivity index (χ1) is 16.4. The summed E-state index contributed by atoms with van der Waals surface area (Å²) in [7, 11) is 0. The van der Waals surface area contributed by atoms with Crippen molar-refractivity contribution in [1.29, 1.82) is 0 Å². The smallest absolute Gasteiger partial charge is 0.303 e. The number of ether oxygens (including phenoxy) is 5. The Labute approximate surface area is 207 Å². The highest BCUT2D eigenvalue weighted by Crippen LogP contribution is 2.46. The van der Waals surface area contributed by atoms with Crippen LogP contribution in [0.4, 0.5) is 0 Å². The molecule has 196 valence electrons. The summed E-state index contributed by atoms with van der Waals surface area (Å²) in [6.07, 6.45) is 7.68. The summed E-state index contributed by atoms with van der Waals surface area (Å²) in [5.74, 6) is -0.706. The molecule has 0 aliphatic carbocycles. The Kier molecular flexibility index (Phi) is 8.93. The Bertz CT molecular complexity index is 859. The molecular formula is C26H39NO8. The van der Waals surface area contributed by atoms with E-state index in [4.69, 9.17) is 23.7 Å². The average molecular weight is 494 g/mol. The van der Waals surface area contributed by atoms with Gasteiger partial charge in [-0.3, -0.25) is 9.59 Å². The fourth-order valence-corrected chi connectivity index (χ4v) is 4.46. The summed E-state index contributed by atoms with van der Waals surface area (Å²) in [5, 5.41) is 13.5. The van der Waals surface area contributed by atoms with E-state index in [2.05, 4.69) is 5.32 Å². The van der Waals surface area contributed by atoms with Crippen molar-refractivity contribution in [2.45, 2.75) is 102 Å². The van der Waals surface area contributed by atoms with Crippen molar-refractivity contribution in [3.8, 4) is 0 Å². The topological polar surface area (TPSA) is 116 Å². The number of aliphatic hydroxyl groups is 1. The summed E-state index contributed by atoms with van der Waals surface area (Å²) in [6.45, 7) is 11.8. The van der Waals surface area contributed by atoms with Gasteiger partial charge in [0.2, 0.25) is 5.91 Å². The van der Waals surface area contributed by atoms with Gasteiger partial charge in [-0.05, 0) is 40.7 Å². The van der Waals surface area contributed by atoms with E-state index in [1.54, 1.807) is 6.92 Å². The predicted molar refractivity (Wildman–Crippen MR) is 128 cm³/mol. The lowest BCUT2D eigenvalue weighted by Gasteiger charge is -2.41. The van der Waals surface area contributed by atoms with Crippen LogP contribution in [0.2, 0.25) is 0 Å². The van der Waals surface area contributed by atoms with Gasteiger partial charge in [-0.2, -0.15) is 0 Å². The number of nitrogens with one attached hydrogen (secondary N) is 1. The number of aliphatic hydroxyl groups excluding tert-OH is 1. The molecule has 0 aromatic rings. The highest BCUT2D eigenvalue weighted by atomic mass is 16.7. The minimum absolute atomic E-state index is 0.232.